The molecule has 1 fully saturated rings. The van der Waals surface area contributed by atoms with Gasteiger partial charge in [0.25, 0.3) is 0 Å². The summed E-state index contributed by atoms with van der Waals surface area (Å²) in [5, 5.41) is 3.55. The standard InChI is InChI=1S/C16H25NO4/c1-5-17-15(11-6-7-21-10-11)12-8-13(18-2)16(20-4)14(9-12)19-3/h8-9,11,15,17H,5-7,10H2,1-4H3. The highest BCUT2D eigenvalue weighted by Gasteiger charge is 2.28. The first-order valence-corrected chi connectivity index (χ1v) is 7.36. The molecule has 0 aliphatic carbocycles. The maximum atomic E-state index is 5.54. The van der Waals surface area contributed by atoms with E-state index < -0.39 is 0 Å². The maximum absolute atomic E-state index is 5.54. The number of benzene rings is 1. The van der Waals surface area contributed by atoms with E-state index in [1.54, 1.807) is 21.3 Å². The van der Waals surface area contributed by atoms with Crippen LogP contribution in [-0.2, 0) is 4.74 Å². The van der Waals surface area contributed by atoms with Crippen molar-refractivity contribution in [3.63, 3.8) is 0 Å². The van der Waals surface area contributed by atoms with Gasteiger partial charge in [-0.15, -0.1) is 0 Å². The Kier molecular flexibility index (Phi) is 5.70. The third kappa shape index (κ3) is 3.41. The van der Waals surface area contributed by atoms with Crippen LogP contribution in [0, 0.1) is 5.92 Å². The lowest BCUT2D eigenvalue weighted by Gasteiger charge is -2.25. The van der Waals surface area contributed by atoms with E-state index in [0.717, 1.165) is 31.7 Å². The van der Waals surface area contributed by atoms with Gasteiger partial charge in [0.05, 0.1) is 27.9 Å². The van der Waals surface area contributed by atoms with Gasteiger partial charge in [0.2, 0.25) is 5.75 Å². The van der Waals surface area contributed by atoms with Crippen LogP contribution in [0.25, 0.3) is 0 Å². The van der Waals surface area contributed by atoms with Crippen molar-refractivity contribution in [2.75, 3.05) is 41.1 Å². The second kappa shape index (κ2) is 7.52. The van der Waals surface area contributed by atoms with Gasteiger partial charge in [-0.05, 0) is 30.7 Å². The zero-order chi connectivity index (χ0) is 15.2. The van der Waals surface area contributed by atoms with Crippen molar-refractivity contribution in [2.45, 2.75) is 19.4 Å². The van der Waals surface area contributed by atoms with Crippen molar-refractivity contribution in [2.24, 2.45) is 5.92 Å². The molecule has 5 heteroatoms. The van der Waals surface area contributed by atoms with E-state index in [1.807, 2.05) is 12.1 Å². The quantitative estimate of drug-likeness (QED) is 0.837. The lowest BCUT2D eigenvalue weighted by atomic mass is 9.91. The lowest BCUT2D eigenvalue weighted by molar-refractivity contribution is 0.177. The highest BCUT2D eigenvalue weighted by Crippen LogP contribution is 2.41. The van der Waals surface area contributed by atoms with Gasteiger partial charge in [0.1, 0.15) is 0 Å². The number of rotatable bonds is 7. The van der Waals surface area contributed by atoms with Gasteiger partial charge in [0.15, 0.2) is 11.5 Å². The summed E-state index contributed by atoms with van der Waals surface area (Å²) in [6.45, 7) is 4.63. The first kappa shape index (κ1) is 15.9. The van der Waals surface area contributed by atoms with E-state index >= 15 is 0 Å². The van der Waals surface area contributed by atoms with Crippen molar-refractivity contribution < 1.29 is 18.9 Å². The summed E-state index contributed by atoms with van der Waals surface area (Å²) in [4.78, 5) is 0. The molecule has 0 bridgehead atoms. The van der Waals surface area contributed by atoms with Crippen LogP contribution in [0.3, 0.4) is 0 Å². The number of nitrogens with one attached hydrogen (secondary N) is 1. The molecule has 0 saturated carbocycles. The van der Waals surface area contributed by atoms with Gasteiger partial charge < -0.3 is 24.3 Å². The summed E-state index contributed by atoms with van der Waals surface area (Å²) in [6.07, 6.45) is 1.06. The molecule has 0 amide bonds. The highest BCUT2D eigenvalue weighted by molar-refractivity contribution is 5.54. The molecule has 0 radical (unpaired) electrons. The molecule has 1 aliphatic rings. The van der Waals surface area contributed by atoms with E-state index in [1.165, 1.54) is 0 Å². The summed E-state index contributed by atoms with van der Waals surface area (Å²) in [7, 11) is 4.90. The number of hydrogen-bond donors (Lipinski definition) is 1. The molecular formula is C16H25NO4. The highest BCUT2D eigenvalue weighted by atomic mass is 16.5. The fraction of sp³-hybridized carbons (Fsp3) is 0.625. The molecule has 1 aliphatic heterocycles. The second-order valence-corrected chi connectivity index (χ2v) is 5.12. The van der Waals surface area contributed by atoms with Crippen LogP contribution in [0.15, 0.2) is 12.1 Å². The van der Waals surface area contributed by atoms with Crippen LogP contribution in [0.5, 0.6) is 17.2 Å². The Morgan fingerprint density at radius 1 is 1.19 bits per heavy atom. The van der Waals surface area contributed by atoms with Gasteiger partial charge in [-0.1, -0.05) is 6.92 Å². The van der Waals surface area contributed by atoms with Crippen LogP contribution in [0.4, 0.5) is 0 Å². The fourth-order valence-corrected chi connectivity index (χ4v) is 2.87. The Morgan fingerprint density at radius 2 is 1.86 bits per heavy atom. The van der Waals surface area contributed by atoms with Crippen molar-refractivity contribution in [1.29, 1.82) is 0 Å². The zero-order valence-corrected chi connectivity index (χ0v) is 13.3. The summed E-state index contributed by atoms with van der Waals surface area (Å²) >= 11 is 0. The SMILES string of the molecule is CCNC(c1cc(OC)c(OC)c(OC)c1)C1CCOC1. The summed E-state index contributed by atoms with van der Waals surface area (Å²) < 4.78 is 21.8. The summed E-state index contributed by atoms with van der Waals surface area (Å²) in [5.74, 6) is 2.47. The maximum Gasteiger partial charge on any atom is 0.203 e. The Hall–Kier alpha value is -1.46. The van der Waals surface area contributed by atoms with E-state index in [4.69, 9.17) is 18.9 Å². The molecule has 118 valence electrons. The van der Waals surface area contributed by atoms with Gasteiger partial charge >= 0.3 is 0 Å². The smallest absolute Gasteiger partial charge is 0.203 e. The van der Waals surface area contributed by atoms with E-state index in [0.29, 0.717) is 23.2 Å². The predicted molar refractivity (Wildman–Crippen MR) is 81.4 cm³/mol. The minimum Gasteiger partial charge on any atom is -0.493 e. The van der Waals surface area contributed by atoms with Gasteiger partial charge in [-0.2, -0.15) is 0 Å². The van der Waals surface area contributed by atoms with Gasteiger partial charge in [-0.25, -0.2) is 0 Å². The van der Waals surface area contributed by atoms with E-state index in [9.17, 15) is 0 Å². The first-order valence-electron chi connectivity index (χ1n) is 7.36. The van der Waals surface area contributed by atoms with Crippen LogP contribution in [0.2, 0.25) is 0 Å². The lowest BCUT2D eigenvalue weighted by Crippen LogP contribution is -2.28. The van der Waals surface area contributed by atoms with Gasteiger partial charge in [0, 0.05) is 18.6 Å². The minimum absolute atomic E-state index is 0.228. The Morgan fingerprint density at radius 3 is 2.29 bits per heavy atom. The molecule has 1 aromatic rings. The van der Waals surface area contributed by atoms with E-state index in [2.05, 4.69) is 12.2 Å². The molecule has 1 N–H and O–H groups in total. The first-order chi connectivity index (χ1) is 10.2. The number of hydrogen-bond acceptors (Lipinski definition) is 5. The second-order valence-electron chi connectivity index (χ2n) is 5.12. The Bertz CT molecular complexity index is 433. The molecule has 2 unspecified atom stereocenters. The monoisotopic (exact) mass is 295 g/mol. The molecule has 5 nitrogen and oxygen atoms in total. The molecule has 1 aromatic carbocycles. The summed E-state index contributed by atoms with van der Waals surface area (Å²) in [5.41, 5.74) is 1.14. The summed E-state index contributed by atoms with van der Waals surface area (Å²) in [6, 6.07) is 4.27. The van der Waals surface area contributed by atoms with Crippen molar-refractivity contribution in [3.8, 4) is 17.2 Å². The topological polar surface area (TPSA) is 49.0 Å². The molecule has 2 rings (SSSR count). The van der Waals surface area contributed by atoms with Gasteiger partial charge in [-0.3, -0.25) is 0 Å². The minimum atomic E-state index is 0.228. The number of methoxy groups -OCH3 is 3. The molecule has 2 atom stereocenters. The third-order valence-electron chi connectivity index (χ3n) is 3.91. The predicted octanol–water partition coefficient (Wildman–Crippen LogP) is 2.40. The van der Waals surface area contributed by atoms with Crippen LogP contribution in [0.1, 0.15) is 24.9 Å². The molecule has 1 saturated heterocycles. The average molecular weight is 295 g/mol. The van der Waals surface area contributed by atoms with Crippen molar-refractivity contribution in [3.05, 3.63) is 17.7 Å². The average Bonchev–Trinajstić information content (AvgIpc) is 3.05. The molecule has 21 heavy (non-hydrogen) atoms. The molecule has 0 spiro atoms. The van der Waals surface area contributed by atoms with Crippen molar-refractivity contribution in [1.82, 2.24) is 5.32 Å². The molecule has 0 aromatic heterocycles. The zero-order valence-electron chi connectivity index (χ0n) is 13.3. The normalized spacial score (nSPS) is 19.3. The van der Waals surface area contributed by atoms with Crippen LogP contribution < -0.4 is 19.5 Å². The largest absolute Gasteiger partial charge is 0.493 e. The Balaban J connectivity index is 2.39. The molecular weight excluding hydrogens is 270 g/mol. The van der Waals surface area contributed by atoms with Crippen LogP contribution >= 0.6 is 0 Å². The van der Waals surface area contributed by atoms with Crippen LogP contribution in [-0.4, -0.2) is 41.1 Å². The fourth-order valence-electron chi connectivity index (χ4n) is 2.87. The number of ether oxygens (including phenoxy) is 4. The third-order valence-corrected chi connectivity index (χ3v) is 3.91. The van der Waals surface area contributed by atoms with E-state index in [-0.39, 0.29) is 6.04 Å². The van der Waals surface area contributed by atoms with Crippen molar-refractivity contribution >= 4 is 0 Å². The Labute approximate surface area is 126 Å². The molecule has 1 heterocycles.